The van der Waals surface area contributed by atoms with E-state index in [2.05, 4.69) is 15.2 Å². The number of pyridine rings is 1. The standard InChI is InChI=1S/C22H25F4N5O/c23-14-12-31(13-14)21(32)18-9-15(11-27-18)29-5-7-30(8-6-29)19-10-20(22(24,25)26)28-17-4-2-1-3-16(17)19/h1-4,10,14-15,18,27H,5-9,11-13H2/t15-,18-/m0/s1. The zero-order valence-electron chi connectivity index (χ0n) is 17.5. The fourth-order valence-corrected chi connectivity index (χ4v) is 4.90. The Labute approximate surface area is 183 Å². The van der Waals surface area contributed by atoms with Gasteiger partial charge in [-0.1, -0.05) is 18.2 Å². The van der Waals surface area contributed by atoms with Crippen LogP contribution in [0.4, 0.5) is 23.2 Å². The van der Waals surface area contributed by atoms with Crippen molar-refractivity contribution in [3.05, 3.63) is 36.0 Å². The summed E-state index contributed by atoms with van der Waals surface area (Å²) in [5, 5.41) is 3.97. The van der Waals surface area contributed by atoms with E-state index in [1.165, 1.54) is 0 Å². The molecule has 3 aliphatic rings. The van der Waals surface area contributed by atoms with Crippen LogP contribution in [0, 0.1) is 0 Å². The maximum absolute atomic E-state index is 13.4. The maximum atomic E-state index is 13.4. The molecule has 1 aromatic heterocycles. The van der Waals surface area contributed by atoms with E-state index >= 15 is 0 Å². The van der Waals surface area contributed by atoms with Crippen LogP contribution in [0.3, 0.4) is 0 Å². The SMILES string of the molecule is O=C([C@@H]1C[C@H](N2CCN(c3cc(C(F)(F)F)nc4ccccc34)CC2)CN1)N1CC(F)C1. The average Bonchev–Trinajstić information content (AvgIpc) is 3.25. The molecule has 32 heavy (non-hydrogen) atoms. The number of amides is 1. The van der Waals surface area contributed by atoms with E-state index in [4.69, 9.17) is 0 Å². The van der Waals surface area contributed by atoms with Crippen LogP contribution in [0.5, 0.6) is 0 Å². The number of carbonyl (C=O) groups is 1. The van der Waals surface area contributed by atoms with Crippen LogP contribution in [-0.2, 0) is 11.0 Å². The summed E-state index contributed by atoms with van der Waals surface area (Å²) in [7, 11) is 0. The Kier molecular flexibility index (Phi) is 5.45. The van der Waals surface area contributed by atoms with Gasteiger partial charge in [-0.05, 0) is 18.6 Å². The van der Waals surface area contributed by atoms with Gasteiger partial charge in [0.05, 0.1) is 24.6 Å². The lowest BCUT2D eigenvalue weighted by atomic mass is 10.1. The molecule has 10 heteroatoms. The maximum Gasteiger partial charge on any atom is 0.433 e. The molecular formula is C22H25F4N5O. The number of anilines is 1. The second-order valence-electron chi connectivity index (χ2n) is 8.76. The molecule has 0 saturated carbocycles. The van der Waals surface area contributed by atoms with Gasteiger partial charge in [-0.25, -0.2) is 9.37 Å². The second-order valence-corrected chi connectivity index (χ2v) is 8.76. The van der Waals surface area contributed by atoms with Gasteiger partial charge in [-0.2, -0.15) is 13.2 Å². The number of aromatic nitrogens is 1. The molecular weight excluding hydrogens is 426 g/mol. The lowest BCUT2D eigenvalue weighted by Crippen LogP contribution is -2.56. The highest BCUT2D eigenvalue weighted by Crippen LogP contribution is 2.35. The van der Waals surface area contributed by atoms with Crippen molar-refractivity contribution in [3.8, 4) is 0 Å². The molecule has 0 spiro atoms. The summed E-state index contributed by atoms with van der Waals surface area (Å²) in [5.74, 6) is -0.0389. The van der Waals surface area contributed by atoms with Crippen LogP contribution in [-0.4, -0.2) is 84.8 Å². The van der Waals surface area contributed by atoms with Crippen molar-refractivity contribution in [1.29, 1.82) is 0 Å². The third-order valence-electron chi connectivity index (χ3n) is 6.71. The van der Waals surface area contributed by atoms with Crippen molar-refractivity contribution >= 4 is 22.5 Å². The number of likely N-dealkylation sites (tertiary alicyclic amines) is 1. The number of carbonyl (C=O) groups excluding carboxylic acids is 1. The van der Waals surface area contributed by atoms with Gasteiger partial charge in [0.15, 0.2) is 0 Å². The fraction of sp³-hybridized carbons (Fsp3) is 0.545. The predicted octanol–water partition coefficient (Wildman–Crippen LogP) is 2.29. The Hall–Kier alpha value is -2.46. The summed E-state index contributed by atoms with van der Waals surface area (Å²) >= 11 is 0. The first-order chi connectivity index (χ1) is 15.3. The van der Waals surface area contributed by atoms with Crippen LogP contribution >= 0.6 is 0 Å². The van der Waals surface area contributed by atoms with Crippen molar-refractivity contribution in [1.82, 2.24) is 20.1 Å². The number of nitrogens with zero attached hydrogens (tertiary/aromatic N) is 4. The van der Waals surface area contributed by atoms with Gasteiger partial charge in [0.1, 0.15) is 11.9 Å². The fourth-order valence-electron chi connectivity index (χ4n) is 4.90. The smallest absolute Gasteiger partial charge is 0.368 e. The summed E-state index contributed by atoms with van der Waals surface area (Å²) in [6, 6.07) is 7.96. The number of halogens is 4. The van der Waals surface area contributed by atoms with Crippen molar-refractivity contribution in [2.75, 3.05) is 50.7 Å². The highest BCUT2D eigenvalue weighted by molar-refractivity contribution is 5.92. The van der Waals surface area contributed by atoms with Gasteiger partial charge >= 0.3 is 6.18 Å². The van der Waals surface area contributed by atoms with E-state index in [0.717, 1.165) is 6.07 Å². The summed E-state index contributed by atoms with van der Waals surface area (Å²) in [6.07, 6.45) is -4.75. The Balaban J connectivity index is 1.25. The molecule has 0 aliphatic carbocycles. The molecule has 1 amide bonds. The molecule has 1 aromatic carbocycles. The summed E-state index contributed by atoms with van der Waals surface area (Å²) in [5.41, 5.74) is 0.0119. The van der Waals surface area contributed by atoms with Crippen molar-refractivity contribution in [2.24, 2.45) is 0 Å². The number of piperazine rings is 1. The predicted molar refractivity (Wildman–Crippen MR) is 112 cm³/mol. The van der Waals surface area contributed by atoms with Gasteiger partial charge in [0, 0.05) is 49.8 Å². The monoisotopic (exact) mass is 451 g/mol. The largest absolute Gasteiger partial charge is 0.433 e. The third-order valence-corrected chi connectivity index (χ3v) is 6.71. The Morgan fingerprint density at radius 3 is 2.50 bits per heavy atom. The minimum Gasteiger partial charge on any atom is -0.368 e. The second kappa shape index (κ2) is 8.15. The van der Waals surface area contributed by atoms with Gasteiger partial charge < -0.3 is 15.1 Å². The molecule has 3 saturated heterocycles. The molecule has 4 heterocycles. The number of benzene rings is 1. The quantitative estimate of drug-likeness (QED) is 0.726. The van der Waals surface area contributed by atoms with E-state index in [1.807, 2.05) is 11.0 Å². The van der Waals surface area contributed by atoms with Gasteiger partial charge in [-0.15, -0.1) is 0 Å². The van der Waals surface area contributed by atoms with E-state index in [0.29, 0.717) is 55.7 Å². The van der Waals surface area contributed by atoms with Crippen LogP contribution in [0.15, 0.2) is 30.3 Å². The van der Waals surface area contributed by atoms with E-state index in [9.17, 15) is 22.4 Å². The molecule has 1 N–H and O–H groups in total. The first-order valence-corrected chi connectivity index (χ1v) is 10.9. The zero-order valence-corrected chi connectivity index (χ0v) is 17.5. The number of hydrogen-bond acceptors (Lipinski definition) is 5. The van der Waals surface area contributed by atoms with Crippen molar-refractivity contribution in [2.45, 2.75) is 30.9 Å². The summed E-state index contributed by atoms with van der Waals surface area (Å²) in [4.78, 5) is 22.1. The van der Waals surface area contributed by atoms with E-state index < -0.39 is 18.0 Å². The molecule has 0 bridgehead atoms. The van der Waals surface area contributed by atoms with E-state index in [-0.39, 0.29) is 31.1 Å². The minimum absolute atomic E-state index is 0.0389. The first kappa shape index (κ1) is 21.4. The van der Waals surface area contributed by atoms with Gasteiger partial charge in [0.25, 0.3) is 0 Å². The van der Waals surface area contributed by atoms with Crippen LogP contribution in [0.1, 0.15) is 12.1 Å². The van der Waals surface area contributed by atoms with Crippen LogP contribution in [0.25, 0.3) is 10.9 Å². The number of para-hydroxylation sites is 1. The zero-order chi connectivity index (χ0) is 22.5. The Morgan fingerprint density at radius 2 is 1.81 bits per heavy atom. The third kappa shape index (κ3) is 4.01. The number of nitrogens with one attached hydrogen (secondary N) is 1. The van der Waals surface area contributed by atoms with Gasteiger partial charge in [0.2, 0.25) is 5.91 Å². The van der Waals surface area contributed by atoms with Crippen molar-refractivity contribution < 1.29 is 22.4 Å². The van der Waals surface area contributed by atoms with Crippen LogP contribution in [0.2, 0.25) is 0 Å². The number of rotatable bonds is 3. The molecule has 6 nitrogen and oxygen atoms in total. The summed E-state index contributed by atoms with van der Waals surface area (Å²) < 4.78 is 53.2. The van der Waals surface area contributed by atoms with Gasteiger partial charge in [-0.3, -0.25) is 9.69 Å². The highest BCUT2D eigenvalue weighted by atomic mass is 19.4. The Morgan fingerprint density at radius 1 is 1.09 bits per heavy atom. The van der Waals surface area contributed by atoms with E-state index in [1.54, 1.807) is 23.1 Å². The van der Waals surface area contributed by atoms with Crippen molar-refractivity contribution in [3.63, 3.8) is 0 Å². The number of alkyl halides is 4. The molecule has 5 rings (SSSR count). The number of hydrogen-bond donors (Lipinski definition) is 1. The molecule has 3 fully saturated rings. The molecule has 2 atom stereocenters. The Bertz CT molecular complexity index is 1000. The molecule has 0 radical (unpaired) electrons. The lowest BCUT2D eigenvalue weighted by Gasteiger charge is -2.39. The lowest BCUT2D eigenvalue weighted by molar-refractivity contribution is -0.141. The van der Waals surface area contributed by atoms with Crippen LogP contribution < -0.4 is 10.2 Å². The minimum atomic E-state index is -4.50. The molecule has 2 aromatic rings. The summed E-state index contributed by atoms with van der Waals surface area (Å²) in [6.45, 7) is 3.62. The normalized spacial score (nSPS) is 25.4. The molecule has 3 aliphatic heterocycles. The molecule has 172 valence electrons. The molecule has 0 unspecified atom stereocenters. The average molecular weight is 451 g/mol. The topological polar surface area (TPSA) is 51.7 Å². The number of fused-ring (bicyclic) bond motifs is 1. The first-order valence-electron chi connectivity index (χ1n) is 10.9. The highest BCUT2D eigenvalue weighted by Gasteiger charge is 2.40.